The van der Waals surface area contributed by atoms with Crippen LogP contribution in [0.1, 0.15) is 40.5 Å². The molecule has 0 aromatic rings. The summed E-state index contributed by atoms with van der Waals surface area (Å²) < 4.78 is 22.8. The first-order chi connectivity index (χ1) is 13.1. The van der Waals surface area contributed by atoms with E-state index in [2.05, 4.69) is 59.4 Å². The lowest BCUT2D eigenvalue weighted by atomic mass is 9.82. The van der Waals surface area contributed by atoms with E-state index in [1.807, 2.05) is 0 Å². The van der Waals surface area contributed by atoms with E-state index in [1.54, 1.807) is 0 Å². The maximum absolute atomic E-state index is 11.4. The summed E-state index contributed by atoms with van der Waals surface area (Å²) in [5.41, 5.74) is 9.81. The second kappa shape index (κ2) is 11.4. The third-order valence-electron chi connectivity index (χ3n) is 5.33. The van der Waals surface area contributed by atoms with E-state index in [1.165, 1.54) is 5.57 Å². The number of nitrogens with zero attached hydrogens (tertiary/aromatic N) is 3. The quantitative estimate of drug-likeness (QED) is 0.111. The molecule has 0 aliphatic carbocycles. The third kappa shape index (κ3) is 9.03. The minimum atomic E-state index is -2.83. The van der Waals surface area contributed by atoms with Crippen LogP contribution < -0.4 is 22.3 Å². The van der Waals surface area contributed by atoms with Gasteiger partial charge >= 0.3 is 0 Å². The standard InChI is InChI=1S/C18H37N7O2S/c1-5-18(3,4)15(2)7-9-22-17(24-20)23-16(19)21-8-6-10-25-11-13-28(26,27)14-12-25/h7H,5-6,8-14,20H2,1-4H3,(H4,19,21,22,23,24)/b15-7+. The number of rotatable bonds is 8. The molecule has 1 aliphatic heterocycles. The van der Waals surface area contributed by atoms with Crippen molar-refractivity contribution in [3.8, 4) is 0 Å². The van der Waals surface area contributed by atoms with Crippen LogP contribution in [0.15, 0.2) is 21.6 Å². The number of hydrogen-bond acceptors (Lipinski definition) is 6. The molecule has 6 N–H and O–H groups in total. The molecule has 0 atom stereocenters. The smallest absolute Gasteiger partial charge is 0.212 e. The van der Waals surface area contributed by atoms with Gasteiger partial charge in [-0.2, -0.15) is 0 Å². The molecule has 0 bridgehead atoms. The van der Waals surface area contributed by atoms with Gasteiger partial charge in [-0.05, 0) is 31.7 Å². The molecule has 1 aliphatic rings. The molecule has 0 spiro atoms. The molecule has 162 valence electrons. The second-order valence-corrected chi connectivity index (χ2v) is 10.0. The Morgan fingerprint density at radius 2 is 1.89 bits per heavy atom. The summed E-state index contributed by atoms with van der Waals surface area (Å²) in [6, 6.07) is 0. The highest BCUT2D eigenvalue weighted by Gasteiger charge is 2.20. The molecule has 1 heterocycles. The van der Waals surface area contributed by atoms with Crippen molar-refractivity contribution in [1.29, 1.82) is 0 Å². The van der Waals surface area contributed by atoms with Crippen molar-refractivity contribution in [2.45, 2.75) is 40.5 Å². The van der Waals surface area contributed by atoms with E-state index in [9.17, 15) is 8.42 Å². The molecular weight excluding hydrogens is 378 g/mol. The summed E-state index contributed by atoms with van der Waals surface area (Å²) >= 11 is 0. The number of guanidine groups is 2. The maximum atomic E-state index is 11.4. The van der Waals surface area contributed by atoms with Crippen LogP contribution in [0, 0.1) is 5.41 Å². The summed E-state index contributed by atoms with van der Waals surface area (Å²) in [4.78, 5) is 10.8. The number of hydrogen-bond donors (Lipinski definition) is 4. The highest BCUT2D eigenvalue weighted by molar-refractivity contribution is 7.91. The van der Waals surface area contributed by atoms with E-state index in [-0.39, 0.29) is 22.9 Å². The number of nitrogens with one attached hydrogen (secondary N) is 2. The topological polar surface area (TPSA) is 138 Å². The molecule has 0 aromatic carbocycles. The Bertz CT molecular complexity index is 670. The molecule has 10 heteroatoms. The lowest BCUT2D eigenvalue weighted by Crippen LogP contribution is -2.47. The van der Waals surface area contributed by atoms with E-state index in [0.717, 1.165) is 19.4 Å². The van der Waals surface area contributed by atoms with Crippen molar-refractivity contribution in [3.05, 3.63) is 11.6 Å². The average Bonchev–Trinajstić information content (AvgIpc) is 2.65. The van der Waals surface area contributed by atoms with Crippen molar-refractivity contribution in [2.75, 3.05) is 44.2 Å². The Kier molecular flexibility index (Phi) is 9.91. The largest absolute Gasteiger partial charge is 0.370 e. The van der Waals surface area contributed by atoms with Crippen LogP contribution >= 0.6 is 0 Å². The SMILES string of the molecule is CCC(C)(C)/C(C)=C/CN=C(NN)NC(N)=NCCCN1CCS(=O)(=O)CC1. The Hall–Kier alpha value is -1.65. The fraction of sp³-hybridized carbons (Fsp3) is 0.778. The van der Waals surface area contributed by atoms with E-state index in [4.69, 9.17) is 11.6 Å². The van der Waals surface area contributed by atoms with Crippen molar-refractivity contribution in [1.82, 2.24) is 15.6 Å². The van der Waals surface area contributed by atoms with Gasteiger partial charge in [0.15, 0.2) is 15.8 Å². The van der Waals surface area contributed by atoms with Crippen LogP contribution in [0.3, 0.4) is 0 Å². The predicted octanol–water partition coefficient (Wildman–Crippen LogP) is 0.213. The Labute approximate surface area is 169 Å². The molecule has 0 saturated carbocycles. The number of aliphatic imine (C=N–C) groups is 2. The molecule has 0 radical (unpaired) electrons. The normalized spacial score (nSPS) is 19.5. The van der Waals surface area contributed by atoms with E-state index < -0.39 is 9.84 Å². The summed E-state index contributed by atoms with van der Waals surface area (Å²) in [5, 5.41) is 2.86. The van der Waals surface area contributed by atoms with Crippen LogP contribution in [0.2, 0.25) is 0 Å². The van der Waals surface area contributed by atoms with Crippen LogP contribution in [-0.4, -0.2) is 69.5 Å². The molecule has 1 fully saturated rings. The van der Waals surface area contributed by atoms with Crippen molar-refractivity contribution >= 4 is 21.8 Å². The first-order valence-corrected chi connectivity index (χ1v) is 11.6. The van der Waals surface area contributed by atoms with Crippen molar-refractivity contribution in [3.63, 3.8) is 0 Å². The van der Waals surface area contributed by atoms with E-state index >= 15 is 0 Å². The predicted molar refractivity (Wildman–Crippen MR) is 117 cm³/mol. The summed E-state index contributed by atoms with van der Waals surface area (Å²) in [6.07, 6.45) is 3.94. The summed E-state index contributed by atoms with van der Waals surface area (Å²) in [5.74, 6) is 6.58. The van der Waals surface area contributed by atoms with Gasteiger partial charge in [-0.15, -0.1) is 0 Å². The monoisotopic (exact) mass is 415 g/mol. The molecule has 9 nitrogen and oxygen atoms in total. The Morgan fingerprint density at radius 3 is 2.46 bits per heavy atom. The molecular formula is C18H37N7O2S. The summed E-state index contributed by atoms with van der Waals surface area (Å²) in [7, 11) is -2.83. The second-order valence-electron chi connectivity index (χ2n) is 7.70. The highest BCUT2D eigenvalue weighted by Crippen LogP contribution is 2.28. The zero-order valence-electron chi connectivity index (χ0n) is 17.7. The van der Waals surface area contributed by atoms with Gasteiger partial charge in [0.05, 0.1) is 18.1 Å². The molecule has 28 heavy (non-hydrogen) atoms. The van der Waals surface area contributed by atoms with Gasteiger partial charge in [0.2, 0.25) is 5.96 Å². The lowest BCUT2D eigenvalue weighted by Gasteiger charge is -2.26. The van der Waals surface area contributed by atoms with Gasteiger partial charge in [-0.1, -0.05) is 32.4 Å². The first kappa shape index (κ1) is 24.4. The zero-order valence-corrected chi connectivity index (χ0v) is 18.5. The van der Waals surface area contributed by atoms with Gasteiger partial charge in [-0.25, -0.2) is 19.3 Å². The summed E-state index contributed by atoms with van der Waals surface area (Å²) in [6.45, 7) is 11.7. The lowest BCUT2D eigenvalue weighted by molar-refractivity contribution is 0.294. The Balaban J connectivity index is 2.40. The average molecular weight is 416 g/mol. The number of hydrazine groups is 1. The molecule has 0 aromatic heterocycles. The fourth-order valence-corrected chi connectivity index (χ4v) is 3.86. The number of sulfone groups is 1. The zero-order chi connectivity index (χ0) is 21.2. The highest BCUT2D eigenvalue weighted by atomic mass is 32.2. The van der Waals surface area contributed by atoms with E-state index in [0.29, 0.717) is 32.1 Å². The molecule has 1 rings (SSSR count). The van der Waals surface area contributed by atoms with Gasteiger partial charge in [-0.3, -0.25) is 15.7 Å². The van der Waals surface area contributed by atoms with Crippen molar-refractivity contribution in [2.24, 2.45) is 27.0 Å². The van der Waals surface area contributed by atoms with Crippen LogP contribution in [-0.2, 0) is 9.84 Å². The van der Waals surface area contributed by atoms with Gasteiger partial charge in [0.1, 0.15) is 0 Å². The first-order valence-electron chi connectivity index (χ1n) is 9.77. The minimum absolute atomic E-state index is 0.151. The molecule has 1 saturated heterocycles. The maximum Gasteiger partial charge on any atom is 0.212 e. The fourth-order valence-electron chi connectivity index (χ4n) is 2.58. The van der Waals surface area contributed by atoms with Crippen molar-refractivity contribution < 1.29 is 8.42 Å². The number of allylic oxidation sites excluding steroid dienone is 1. The van der Waals surface area contributed by atoms with Crippen LogP contribution in [0.4, 0.5) is 0 Å². The van der Waals surface area contributed by atoms with Gasteiger partial charge in [0, 0.05) is 19.6 Å². The minimum Gasteiger partial charge on any atom is -0.370 e. The third-order valence-corrected chi connectivity index (χ3v) is 6.94. The molecule has 0 unspecified atom stereocenters. The Morgan fingerprint density at radius 1 is 1.25 bits per heavy atom. The van der Waals surface area contributed by atoms with Crippen LogP contribution in [0.5, 0.6) is 0 Å². The number of nitrogens with two attached hydrogens (primary N) is 2. The van der Waals surface area contributed by atoms with Gasteiger partial charge < -0.3 is 10.6 Å². The van der Waals surface area contributed by atoms with Crippen LogP contribution in [0.25, 0.3) is 0 Å². The molecule has 0 amide bonds. The van der Waals surface area contributed by atoms with Gasteiger partial charge in [0.25, 0.3) is 0 Å².